The molecule has 0 unspecified atom stereocenters. The highest BCUT2D eigenvalue weighted by Crippen LogP contribution is 2.25. The summed E-state index contributed by atoms with van der Waals surface area (Å²) < 4.78 is 27.5. The molecule has 0 atom stereocenters. The number of benzene rings is 1. The SMILES string of the molecule is CC(C)NS(=O)(=O)c1cccc(C(=O)N(CCN(C)C)CC2CCCCC2)c1. The van der Waals surface area contributed by atoms with E-state index in [0.717, 1.165) is 13.1 Å². The van der Waals surface area contributed by atoms with Crippen molar-refractivity contribution in [2.75, 3.05) is 33.7 Å². The second kappa shape index (κ2) is 10.4. The van der Waals surface area contributed by atoms with Crippen LogP contribution in [0.2, 0.25) is 0 Å². The highest BCUT2D eigenvalue weighted by molar-refractivity contribution is 7.89. The lowest BCUT2D eigenvalue weighted by Gasteiger charge is -2.31. The van der Waals surface area contributed by atoms with Gasteiger partial charge in [0, 0.05) is 31.2 Å². The van der Waals surface area contributed by atoms with E-state index in [1.165, 1.54) is 44.2 Å². The van der Waals surface area contributed by atoms with E-state index in [0.29, 0.717) is 18.0 Å². The third kappa shape index (κ3) is 6.87. The van der Waals surface area contributed by atoms with Gasteiger partial charge in [0.1, 0.15) is 0 Å². The molecular formula is C21H35N3O3S. The lowest BCUT2D eigenvalue weighted by atomic mass is 9.89. The molecule has 0 spiro atoms. The Morgan fingerprint density at radius 3 is 2.43 bits per heavy atom. The number of hydrogen-bond donors (Lipinski definition) is 1. The zero-order valence-electron chi connectivity index (χ0n) is 17.6. The van der Waals surface area contributed by atoms with Gasteiger partial charge in [-0.1, -0.05) is 25.3 Å². The molecule has 1 aliphatic carbocycles. The summed E-state index contributed by atoms with van der Waals surface area (Å²) in [5.41, 5.74) is 0.432. The van der Waals surface area contributed by atoms with Crippen molar-refractivity contribution < 1.29 is 13.2 Å². The number of amides is 1. The standard InChI is InChI=1S/C21H35N3O3S/c1-17(2)22-28(26,27)20-12-8-11-19(15-20)21(25)24(14-13-23(3)4)16-18-9-6-5-7-10-18/h8,11-12,15,17-18,22H,5-7,9-10,13-14,16H2,1-4H3. The number of nitrogens with zero attached hydrogens (tertiary/aromatic N) is 2. The molecule has 0 aromatic heterocycles. The molecule has 0 bridgehead atoms. The summed E-state index contributed by atoms with van der Waals surface area (Å²) in [7, 11) is 0.365. The highest BCUT2D eigenvalue weighted by atomic mass is 32.2. The Kier molecular flexibility index (Phi) is 8.46. The van der Waals surface area contributed by atoms with Gasteiger partial charge in [-0.15, -0.1) is 0 Å². The second-order valence-corrected chi connectivity index (χ2v) is 10.1. The summed E-state index contributed by atoms with van der Waals surface area (Å²) in [5.74, 6) is 0.448. The van der Waals surface area contributed by atoms with Gasteiger partial charge < -0.3 is 9.80 Å². The first-order valence-electron chi connectivity index (χ1n) is 10.3. The fourth-order valence-corrected chi connectivity index (χ4v) is 4.93. The van der Waals surface area contributed by atoms with E-state index < -0.39 is 10.0 Å². The van der Waals surface area contributed by atoms with E-state index in [9.17, 15) is 13.2 Å². The molecule has 1 amide bonds. The van der Waals surface area contributed by atoms with Crippen LogP contribution in [-0.4, -0.2) is 63.9 Å². The van der Waals surface area contributed by atoms with Gasteiger partial charge >= 0.3 is 0 Å². The number of likely N-dealkylation sites (N-methyl/N-ethyl adjacent to an activating group) is 1. The zero-order valence-corrected chi connectivity index (χ0v) is 18.5. The maximum absolute atomic E-state index is 13.2. The van der Waals surface area contributed by atoms with E-state index in [1.807, 2.05) is 19.0 Å². The molecule has 1 aromatic rings. The number of hydrogen-bond acceptors (Lipinski definition) is 4. The molecule has 1 N–H and O–H groups in total. The van der Waals surface area contributed by atoms with E-state index in [4.69, 9.17) is 0 Å². The van der Waals surface area contributed by atoms with E-state index in [1.54, 1.807) is 26.0 Å². The Hall–Kier alpha value is -1.44. The minimum Gasteiger partial charge on any atom is -0.337 e. The summed E-state index contributed by atoms with van der Waals surface area (Å²) in [6.07, 6.45) is 6.08. The number of nitrogens with one attached hydrogen (secondary N) is 1. The van der Waals surface area contributed by atoms with Gasteiger partial charge in [-0.2, -0.15) is 0 Å². The van der Waals surface area contributed by atoms with Gasteiger partial charge in [0.2, 0.25) is 10.0 Å². The normalized spacial score (nSPS) is 15.9. The van der Waals surface area contributed by atoms with Crippen molar-refractivity contribution in [1.29, 1.82) is 0 Å². The van der Waals surface area contributed by atoms with Gasteiger partial charge in [0.15, 0.2) is 0 Å². The predicted molar refractivity (Wildman–Crippen MR) is 113 cm³/mol. The Balaban J connectivity index is 2.21. The summed E-state index contributed by atoms with van der Waals surface area (Å²) in [6.45, 7) is 5.72. The van der Waals surface area contributed by atoms with Crippen molar-refractivity contribution >= 4 is 15.9 Å². The molecule has 158 valence electrons. The lowest BCUT2D eigenvalue weighted by Crippen LogP contribution is -2.40. The van der Waals surface area contributed by atoms with Crippen molar-refractivity contribution in [2.45, 2.75) is 56.9 Å². The topological polar surface area (TPSA) is 69.7 Å². The quantitative estimate of drug-likeness (QED) is 0.681. The summed E-state index contributed by atoms with van der Waals surface area (Å²) in [5, 5.41) is 0. The summed E-state index contributed by atoms with van der Waals surface area (Å²) in [6, 6.07) is 6.18. The van der Waals surface area contributed by atoms with Crippen LogP contribution < -0.4 is 4.72 Å². The minimum absolute atomic E-state index is 0.0889. The molecule has 2 rings (SSSR count). The van der Waals surface area contributed by atoms with Crippen LogP contribution in [0, 0.1) is 5.92 Å². The van der Waals surface area contributed by atoms with Crippen LogP contribution >= 0.6 is 0 Å². The van der Waals surface area contributed by atoms with Crippen molar-refractivity contribution in [3.63, 3.8) is 0 Å². The van der Waals surface area contributed by atoms with Crippen LogP contribution in [0.15, 0.2) is 29.2 Å². The first-order chi connectivity index (χ1) is 13.2. The smallest absolute Gasteiger partial charge is 0.253 e. The first-order valence-corrected chi connectivity index (χ1v) is 11.7. The van der Waals surface area contributed by atoms with Crippen LogP contribution in [0.25, 0.3) is 0 Å². The van der Waals surface area contributed by atoms with Gasteiger partial charge in [-0.3, -0.25) is 4.79 Å². The van der Waals surface area contributed by atoms with Crippen LogP contribution in [0.3, 0.4) is 0 Å². The lowest BCUT2D eigenvalue weighted by molar-refractivity contribution is 0.0701. The molecule has 28 heavy (non-hydrogen) atoms. The number of rotatable bonds is 9. The largest absolute Gasteiger partial charge is 0.337 e. The molecule has 0 heterocycles. The molecule has 1 saturated carbocycles. The molecule has 6 nitrogen and oxygen atoms in total. The fourth-order valence-electron chi connectivity index (χ4n) is 3.64. The molecular weight excluding hydrogens is 374 g/mol. The van der Waals surface area contributed by atoms with Crippen molar-refractivity contribution in [3.8, 4) is 0 Å². The fraction of sp³-hybridized carbons (Fsp3) is 0.667. The van der Waals surface area contributed by atoms with Gasteiger partial charge in [0.25, 0.3) is 5.91 Å². The number of carbonyl (C=O) groups is 1. The molecule has 0 aliphatic heterocycles. The van der Waals surface area contributed by atoms with Crippen LogP contribution in [0.4, 0.5) is 0 Å². The van der Waals surface area contributed by atoms with Crippen molar-refractivity contribution in [3.05, 3.63) is 29.8 Å². The Morgan fingerprint density at radius 1 is 1.14 bits per heavy atom. The second-order valence-electron chi connectivity index (χ2n) is 8.36. The average molecular weight is 410 g/mol. The molecule has 7 heteroatoms. The van der Waals surface area contributed by atoms with Crippen LogP contribution in [-0.2, 0) is 10.0 Å². The first kappa shape index (κ1) is 22.8. The highest BCUT2D eigenvalue weighted by Gasteiger charge is 2.23. The van der Waals surface area contributed by atoms with E-state index in [-0.39, 0.29) is 16.8 Å². The monoisotopic (exact) mass is 409 g/mol. The third-order valence-corrected chi connectivity index (χ3v) is 6.75. The molecule has 1 aliphatic rings. The maximum Gasteiger partial charge on any atom is 0.253 e. The predicted octanol–water partition coefficient (Wildman–Crippen LogP) is 2.96. The molecule has 0 radical (unpaired) electrons. The molecule has 1 aromatic carbocycles. The van der Waals surface area contributed by atoms with Crippen molar-refractivity contribution in [2.24, 2.45) is 5.92 Å². The number of sulfonamides is 1. The third-order valence-electron chi connectivity index (χ3n) is 5.09. The van der Waals surface area contributed by atoms with Crippen molar-refractivity contribution in [1.82, 2.24) is 14.5 Å². The van der Waals surface area contributed by atoms with E-state index >= 15 is 0 Å². The zero-order chi connectivity index (χ0) is 20.7. The Bertz CT molecular complexity index is 741. The maximum atomic E-state index is 13.2. The molecule has 1 fully saturated rings. The van der Waals surface area contributed by atoms with Gasteiger partial charge in [0.05, 0.1) is 4.90 Å². The Labute approximate surface area is 170 Å². The molecule has 0 saturated heterocycles. The van der Waals surface area contributed by atoms with Crippen LogP contribution in [0.5, 0.6) is 0 Å². The van der Waals surface area contributed by atoms with Crippen LogP contribution in [0.1, 0.15) is 56.3 Å². The minimum atomic E-state index is -3.62. The van der Waals surface area contributed by atoms with Gasteiger partial charge in [-0.25, -0.2) is 13.1 Å². The number of carbonyl (C=O) groups excluding carboxylic acids is 1. The summed E-state index contributed by atoms with van der Waals surface area (Å²) >= 11 is 0. The summed E-state index contributed by atoms with van der Waals surface area (Å²) in [4.78, 5) is 17.3. The van der Waals surface area contributed by atoms with E-state index in [2.05, 4.69) is 9.62 Å². The average Bonchev–Trinajstić information content (AvgIpc) is 2.64. The Morgan fingerprint density at radius 2 is 1.82 bits per heavy atom. The van der Waals surface area contributed by atoms with Gasteiger partial charge in [-0.05, 0) is 64.9 Å².